The minimum Gasteiger partial charge on any atom is -0.459 e. The molecule has 2 saturated heterocycles. The van der Waals surface area contributed by atoms with Crippen molar-refractivity contribution in [1.29, 1.82) is 0 Å². The maximum Gasteiger partial charge on any atom is 0.416 e. The van der Waals surface area contributed by atoms with Crippen LogP contribution in [-0.4, -0.2) is 65.3 Å². The molecule has 0 bridgehead atoms. The van der Waals surface area contributed by atoms with Gasteiger partial charge in [-0.25, -0.2) is 0 Å². The Morgan fingerprint density at radius 1 is 1.06 bits per heavy atom. The van der Waals surface area contributed by atoms with E-state index in [0.29, 0.717) is 19.0 Å². The second-order valence-corrected chi connectivity index (χ2v) is 8.26. The van der Waals surface area contributed by atoms with Crippen LogP contribution in [0, 0.1) is 10.1 Å². The number of benzene rings is 1. The molecule has 2 fully saturated rings. The summed E-state index contributed by atoms with van der Waals surface area (Å²) in [7, 11) is 0. The Bertz CT molecular complexity index is 1060. The van der Waals surface area contributed by atoms with Gasteiger partial charge in [-0.05, 0) is 43.5 Å². The summed E-state index contributed by atoms with van der Waals surface area (Å²) in [5.41, 5.74) is -1.63. The number of halogens is 3. The van der Waals surface area contributed by atoms with E-state index in [1.54, 1.807) is 21.9 Å². The molecule has 0 N–H and O–H groups in total. The van der Waals surface area contributed by atoms with E-state index in [1.807, 2.05) is 0 Å². The molecular formula is C22H23F3N4O5. The first-order valence-electron chi connectivity index (χ1n) is 10.9. The molecule has 34 heavy (non-hydrogen) atoms. The van der Waals surface area contributed by atoms with E-state index >= 15 is 0 Å². The first-order valence-corrected chi connectivity index (χ1v) is 10.9. The Balaban J connectivity index is 1.46. The van der Waals surface area contributed by atoms with Gasteiger partial charge in [0.15, 0.2) is 5.76 Å². The number of nitro benzene ring substituents is 1. The Hall–Kier alpha value is -3.57. The molecule has 0 spiro atoms. The van der Waals surface area contributed by atoms with E-state index in [1.165, 1.54) is 11.2 Å². The Morgan fingerprint density at radius 2 is 1.79 bits per heavy atom. The number of anilines is 1. The summed E-state index contributed by atoms with van der Waals surface area (Å²) in [6.45, 7) is 1.34. The lowest BCUT2D eigenvalue weighted by molar-refractivity contribution is -0.384. The second kappa shape index (κ2) is 9.35. The summed E-state index contributed by atoms with van der Waals surface area (Å²) >= 11 is 0. The molecule has 1 aromatic heterocycles. The number of carbonyl (C=O) groups excluding carboxylic acids is 2. The lowest BCUT2D eigenvalue weighted by Crippen LogP contribution is -2.57. The molecule has 1 atom stereocenters. The second-order valence-electron chi connectivity index (χ2n) is 8.26. The molecule has 3 heterocycles. The zero-order valence-electron chi connectivity index (χ0n) is 18.2. The fraction of sp³-hybridized carbons (Fsp3) is 0.455. The number of hydrogen-bond donors (Lipinski definition) is 0. The molecule has 2 aliphatic rings. The van der Waals surface area contributed by atoms with Crippen molar-refractivity contribution in [1.82, 2.24) is 9.80 Å². The number of piperidine rings is 1. The van der Waals surface area contributed by atoms with Crippen LogP contribution in [0.2, 0.25) is 0 Å². The standard InChI is InChI=1S/C22H23F3N4O5/c23-22(24,25)15-6-7-16(18(14-15)29(32)33)26-9-11-27(12-10-26)20(30)17-4-1-2-8-28(17)21(31)19-5-3-13-34-19/h3,5-7,13-14,17H,1-2,4,8-12H2. The highest BCUT2D eigenvalue weighted by atomic mass is 19.4. The molecule has 1 unspecified atom stereocenters. The van der Waals surface area contributed by atoms with Crippen molar-refractivity contribution in [2.24, 2.45) is 0 Å². The van der Waals surface area contributed by atoms with E-state index in [0.717, 1.165) is 25.0 Å². The number of hydrogen-bond acceptors (Lipinski definition) is 6. The Labute approximate surface area is 192 Å². The number of nitrogens with zero attached hydrogens (tertiary/aromatic N) is 4. The third kappa shape index (κ3) is 4.70. The highest BCUT2D eigenvalue weighted by Gasteiger charge is 2.38. The predicted octanol–water partition coefficient (Wildman–Crippen LogP) is 3.55. The summed E-state index contributed by atoms with van der Waals surface area (Å²) in [4.78, 5) is 41.4. The highest BCUT2D eigenvalue weighted by molar-refractivity contribution is 5.95. The van der Waals surface area contributed by atoms with Gasteiger partial charge in [-0.1, -0.05) is 0 Å². The van der Waals surface area contributed by atoms with Crippen LogP contribution >= 0.6 is 0 Å². The number of alkyl halides is 3. The van der Waals surface area contributed by atoms with Crippen LogP contribution in [-0.2, 0) is 11.0 Å². The Kier molecular flexibility index (Phi) is 6.49. The van der Waals surface area contributed by atoms with Crippen molar-refractivity contribution in [3.05, 3.63) is 58.0 Å². The van der Waals surface area contributed by atoms with Crippen LogP contribution in [0.4, 0.5) is 24.5 Å². The lowest BCUT2D eigenvalue weighted by atomic mass is 10.00. The van der Waals surface area contributed by atoms with Crippen molar-refractivity contribution >= 4 is 23.2 Å². The molecule has 9 nitrogen and oxygen atoms in total. The molecule has 1 aromatic carbocycles. The van der Waals surface area contributed by atoms with E-state index in [9.17, 15) is 32.9 Å². The van der Waals surface area contributed by atoms with Crippen molar-refractivity contribution < 1.29 is 32.1 Å². The van der Waals surface area contributed by atoms with Crippen LogP contribution in [0.3, 0.4) is 0 Å². The van der Waals surface area contributed by atoms with Gasteiger partial charge < -0.3 is 19.1 Å². The number of furan rings is 1. The van der Waals surface area contributed by atoms with E-state index < -0.39 is 28.4 Å². The van der Waals surface area contributed by atoms with E-state index in [2.05, 4.69) is 0 Å². The number of piperazine rings is 1. The number of nitro groups is 1. The van der Waals surface area contributed by atoms with Gasteiger partial charge in [-0.3, -0.25) is 19.7 Å². The average Bonchev–Trinajstić information content (AvgIpc) is 3.37. The molecule has 2 aromatic rings. The molecule has 182 valence electrons. The SMILES string of the molecule is O=C(C1CCCCN1C(=O)c1ccco1)N1CCN(c2ccc(C(F)(F)F)cc2[N+](=O)[O-])CC1. The van der Waals surface area contributed by atoms with Gasteiger partial charge in [0.05, 0.1) is 16.7 Å². The van der Waals surface area contributed by atoms with Gasteiger partial charge in [0, 0.05) is 38.8 Å². The predicted molar refractivity (Wildman–Crippen MR) is 114 cm³/mol. The van der Waals surface area contributed by atoms with Crippen LogP contribution in [0.1, 0.15) is 35.4 Å². The summed E-state index contributed by atoms with van der Waals surface area (Å²) in [5, 5.41) is 11.4. The van der Waals surface area contributed by atoms with Crippen LogP contribution in [0.5, 0.6) is 0 Å². The van der Waals surface area contributed by atoms with Gasteiger partial charge in [-0.2, -0.15) is 13.2 Å². The smallest absolute Gasteiger partial charge is 0.416 e. The van der Waals surface area contributed by atoms with Crippen LogP contribution in [0.25, 0.3) is 0 Å². The quantitative estimate of drug-likeness (QED) is 0.490. The summed E-state index contributed by atoms with van der Waals surface area (Å²) in [6.07, 6.45) is -1.19. The minimum absolute atomic E-state index is 0.0809. The number of rotatable bonds is 4. The highest BCUT2D eigenvalue weighted by Crippen LogP contribution is 2.37. The van der Waals surface area contributed by atoms with Crippen molar-refractivity contribution in [3.8, 4) is 0 Å². The molecule has 0 saturated carbocycles. The maximum atomic E-state index is 13.3. The summed E-state index contributed by atoms with van der Waals surface area (Å²) in [6, 6.07) is 4.98. The van der Waals surface area contributed by atoms with E-state index in [-0.39, 0.29) is 49.4 Å². The molecule has 4 rings (SSSR count). The first kappa shape index (κ1) is 23.6. The molecule has 0 radical (unpaired) electrons. The Morgan fingerprint density at radius 3 is 2.41 bits per heavy atom. The minimum atomic E-state index is -4.69. The third-order valence-corrected chi connectivity index (χ3v) is 6.21. The summed E-state index contributed by atoms with van der Waals surface area (Å²) in [5.74, 6) is -0.387. The topological polar surface area (TPSA) is 100 Å². The zero-order valence-corrected chi connectivity index (χ0v) is 18.2. The van der Waals surface area contributed by atoms with Crippen LogP contribution in [0.15, 0.2) is 41.0 Å². The van der Waals surface area contributed by atoms with Crippen molar-refractivity contribution in [2.45, 2.75) is 31.5 Å². The van der Waals surface area contributed by atoms with Crippen LogP contribution < -0.4 is 4.90 Å². The van der Waals surface area contributed by atoms with Gasteiger partial charge in [0.2, 0.25) is 5.91 Å². The molecule has 2 amide bonds. The third-order valence-electron chi connectivity index (χ3n) is 6.21. The number of carbonyl (C=O) groups is 2. The lowest BCUT2D eigenvalue weighted by Gasteiger charge is -2.41. The van der Waals surface area contributed by atoms with Gasteiger partial charge in [-0.15, -0.1) is 0 Å². The normalized spacial score (nSPS) is 19.3. The fourth-order valence-electron chi connectivity index (χ4n) is 4.47. The summed E-state index contributed by atoms with van der Waals surface area (Å²) < 4.78 is 44.2. The first-order chi connectivity index (χ1) is 16.2. The maximum absolute atomic E-state index is 13.3. The monoisotopic (exact) mass is 480 g/mol. The number of amides is 2. The number of likely N-dealkylation sites (tertiary alicyclic amines) is 1. The molecular weight excluding hydrogens is 457 g/mol. The van der Waals surface area contributed by atoms with Gasteiger partial charge in [0.1, 0.15) is 11.7 Å². The van der Waals surface area contributed by atoms with Gasteiger partial charge in [0.25, 0.3) is 11.6 Å². The largest absolute Gasteiger partial charge is 0.459 e. The molecule has 2 aliphatic heterocycles. The average molecular weight is 480 g/mol. The van der Waals surface area contributed by atoms with Crippen molar-refractivity contribution in [3.63, 3.8) is 0 Å². The molecule has 0 aliphatic carbocycles. The zero-order chi connectivity index (χ0) is 24.5. The van der Waals surface area contributed by atoms with Gasteiger partial charge >= 0.3 is 6.18 Å². The fourth-order valence-corrected chi connectivity index (χ4v) is 4.47. The van der Waals surface area contributed by atoms with E-state index in [4.69, 9.17) is 4.42 Å². The molecule has 12 heteroatoms. The van der Waals surface area contributed by atoms with Crippen molar-refractivity contribution in [2.75, 3.05) is 37.6 Å².